The van der Waals surface area contributed by atoms with Gasteiger partial charge in [0.2, 0.25) is 0 Å². The van der Waals surface area contributed by atoms with Gasteiger partial charge in [-0.3, -0.25) is 10.1 Å². The maximum absolute atomic E-state index is 12.5. The minimum Gasteiger partial charge on any atom is -0.309 e. The van der Waals surface area contributed by atoms with Crippen LogP contribution in [0.2, 0.25) is 0 Å². The van der Waals surface area contributed by atoms with E-state index in [0.29, 0.717) is 22.6 Å². The van der Waals surface area contributed by atoms with Crippen molar-refractivity contribution in [3.8, 4) is 0 Å². The quantitative estimate of drug-likeness (QED) is 0.444. The minimum atomic E-state index is -0.121. The molecule has 0 aliphatic carbocycles. The van der Waals surface area contributed by atoms with Crippen molar-refractivity contribution in [2.75, 3.05) is 0 Å². The van der Waals surface area contributed by atoms with Crippen LogP contribution in [0.3, 0.4) is 0 Å². The summed E-state index contributed by atoms with van der Waals surface area (Å²) >= 11 is 1.72. The Hall–Kier alpha value is -2.76. The van der Waals surface area contributed by atoms with Crippen molar-refractivity contribution < 1.29 is 0 Å². The highest BCUT2D eigenvalue weighted by Gasteiger charge is 2.20. The molecule has 0 radical (unpaired) electrons. The number of hydrogen-bond donors (Lipinski definition) is 2. The third-order valence-corrected chi connectivity index (χ3v) is 6.16. The van der Waals surface area contributed by atoms with Gasteiger partial charge in [-0.15, -0.1) is 11.3 Å². The summed E-state index contributed by atoms with van der Waals surface area (Å²) in [6, 6.07) is 20.3. The van der Waals surface area contributed by atoms with Gasteiger partial charge in [-0.2, -0.15) is 0 Å². The molecule has 2 N–H and O–H groups in total. The Morgan fingerprint density at radius 2 is 1.66 bits per heavy atom. The van der Waals surface area contributed by atoms with Crippen LogP contribution in [0, 0.1) is 0 Å². The van der Waals surface area contributed by atoms with Gasteiger partial charge in [-0.25, -0.2) is 4.98 Å². The number of aromatic amines is 1. The smallest absolute Gasteiger partial charge is 0.258 e. The van der Waals surface area contributed by atoms with E-state index in [1.54, 1.807) is 17.4 Å². The van der Waals surface area contributed by atoms with Crippen LogP contribution >= 0.6 is 11.3 Å². The Kier molecular flexibility index (Phi) is 5.60. The molecular weight excluding hydrogens is 378 g/mol. The number of fused-ring (bicyclic) bond motifs is 1. The lowest BCUT2D eigenvalue weighted by molar-refractivity contribution is 0.500. The van der Waals surface area contributed by atoms with Gasteiger partial charge in [0.25, 0.3) is 5.56 Å². The van der Waals surface area contributed by atoms with Crippen LogP contribution in [0.25, 0.3) is 10.9 Å². The SMILES string of the molecule is CC(C)c1ccc([C@H](N[C@H](C)c2nc3ccccc3c(=O)[nH]2)c2cccs2)cc1. The number of aromatic nitrogens is 2. The highest BCUT2D eigenvalue weighted by atomic mass is 32.1. The zero-order valence-corrected chi connectivity index (χ0v) is 17.7. The fourth-order valence-electron chi connectivity index (χ4n) is 3.51. The van der Waals surface area contributed by atoms with Gasteiger partial charge in [-0.05, 0) is 47.5 Å². The third kappa shape index (κ3) is 4.16. The maximum atomic E-state index is 12.5. The highest BCUT2D eigenvalue weighted by molar-refractivity contribution is 7.10. The monoisotopic (exact) mass is 403 g/mol. The molecular formula is C24H25N3OS. The lowest BCUT2D eigenvalue weighted by Gasteiger charge is -2.23. The number of nitrogens with one attached hydrogen (secondary N) is 2. The molecule has 2 heterocycles. The van der Waals surface area contributed by atoms with E-state index in [2.05, 4.69) is 70.9 Å². The number of benzene rings is 2. The summed E-state index contributed by atoms with van der Waals surface area (Å²) in [5.74, 6) is 1.15. The van der Waals surface area contributed by atoms with E-state index < -0.39 is 0 Å². The molecule has 148 valence electrons. The van der Waals surface area contributed by atoms with Crippen LogP contribution in [0.4, 0.5) is 0 Å². The first kappa shape index (κ1) is 19.6. The number of rotatable bonds is 6. The average Bonchev–Trinajstić information content (AvgIpc) is 3.26. The number of thiophene rings is 1. The fraction of sp³-hybridized carbons (Fsp3) is 0.250. The molecule has 2 atom stereocenters. The van der Waals surface area contributed by atoms with Gasteiger partial charge in [0.05, 0.1) is 23.0 Å². The van der Waals surface area contributed by atoms with Crippen molar-refractivity contribution in [2.24, 2.45) is 0 Å². The Bertz CT molecular complexity index is 1150. The lowest BCUT2D eigenvalue weighted by Crippen LogP contribution is -2.28. The summed E-state index contributed by atoms with van der Waals surface area (Å²) in [7, 11) is 0. The van der Waals surface area contributed by atoms with E-state index >= 15 is 0 Å². The molecule has 0 saturated heterocycles. The van der Waals surface area contributed by atoms with E-state index in [9.17, 15) is 4.79 Å². The summed E-state index contributed by atoms with van der Waals surface area (Å²) in [4.78, 5) is 21.3. The van der Waals surface area contributed by atoms with Crippen LogP contribution in [0.1, 0.15) is 60.6 Å². The summed E-state index contributed by atoms with van der Waals surface area (Å²) < 4.78 is 0. The number of hydrogen-bond acceptors (Lipinski definition) is 4. The molecule has 0 amide bonds. The molecule has 0 aliphatic heterocycles. The molecule has 5 heteroatoms. The van der Waals surface area contributed by atoms with Crippen molar-refractivity contribution in [3.63, 3.8) is 0 Å². The number of para-hydroxylation sites is 1. The molecule has 2 aromatic heterocycles. The molecule has 0 spiro atoms. The second kappa shape index (κ2) is 8.31. The van der Waals surface area contributed by atoms with Crippen LogP contribution in [-0.4, -0.2) is 9.97 Å². The van der Waals surface area contributed by atoms with Crippen LogP contribution < -0.4 is 10.9 Å². The van der Waals surface area contributed by atoms with Gasteiger partial charge < -0.3 is 4.98 Å². The fourth-order valence-corrected chi connectivity index (χ4v) is 4.32. The molecule has 0 saturated carbocycles. The summed E-state index contributed by atoms with van der Waals surface area (Å²) in [5, 5.41) is 6.37. The molecule has 29 heavy (non-hydrogen) atoms. The standard InChI is InChI=1S/C24H25N3OS/c1-15(2)17-10-12-18(13-11-17)22(21-9-6-14-29-21)25-16(3)23-26-20-8-5-4-7-19(20)24(28)27-23/h4-16,22,25H,1-3H3,(H,26,27,28)/t16-,22+/m1/s1. The predicted octanol–water partition coefficient (Wildman–Crippen LogP) is 5.55. The zero-order valence-electron chi connectivity index (χ0n) is 16.8. The molecule has 4 aromatic rings. The van der Waals surface area contributed by atoms with Crippen molar-refractivity contribution in [2.45, 2.75) is 38.8 Å². The normalized spacial score (nSPS) is 13.7. The zero-order chi connectivity index (χ0) is 20.4. The summed E-state index contributed by atoms with van der Waals surface area (Å²) in [6.07, 6.45) is 0. The van der Waals surface area contributed by atoms with Gasteiger partial charge in [0, 0.05) is 4.88 Å². The van der Waals surface area contributed by atoms with E-state index in [1.807, 2.05) is 25.1 Å². The minimum absolute atomic E-state index is 0.0305. The second-order valence-electron chi connectivity index (χ2n) is 7.63. The van der Waals surface area contributed by atoms with E-state index in [1.165, 1.54) is 16.0 Å². The first-order valence-electron chi connectivity index (χ1n) is 9.91. The van der Waals surface area contributed by atoms with Crippen LogP contribution in [0.15, 0.2) is 70.8 Å². The second-order valence-corrected chi connectivity index (χ2v) is 8.61. The topological polar surface area (TPSA) is 57.8 Å². The molecule has 0 fully saturated rings. The first-order chi connectivity index (χ1) is 14.0. The van der Waals surface area contributed by atoms with E-state index in [4.69, 9.17) is 0 Å². The summed E-state index contributed by atoms with van der Waals surface area (Å²) in [6.45, 7) is 6.44. The maximum Gasteiger partial charge on any atom is 0.258 e. The molecule has 4 rings (SSSR count). The molecule has 4 nitrogen and oxygen atoms in total. The van der Waals surface area contributed by atoms with E-state index in [0.717, 1.165) is 0 Å². The predicted molar refractivity (Wildman–Crippen MR) is 121 cm³/mol. The molecule has 0 bridgehead atoms. The van der Waals surface area contributed by atoms with Gasteiger partial charge >= 0.3 is 0 Å². The number of H-pyrrole nitrogens is 1. The Labute approximate surface area is 174 Å². The van der Waals surface area contributed by atoms with Crippen LogP contribution in [0.5, 0.6) is 0 Å². The molecule has 0 aliphatic rings. The largest absolute Gasteiger partial charge is 0.309 e. The summed E-state index contributed by atoms with van der Waals surface area (Å²) in [5.41, 5.74) is 3.14. The molecule has 0 unspecified atom stereocenters. The van der Waals surface area contributed by atoms with Gasteiger partial charge in [-0.1, -0.05) is 56.3 Å². The molecule has 2 aromatic carbocycles. The van der Waals surface area contributed by atoms with Crippen molar-refractivity contribution in [1.29, 1.82) is 0 Å². The average molecular weight is 404 g/mol. The van der Waals surface area contributed by atoms with Crippen LogP contribution in [-0.2, 0) is 0 Å². The first-order valence-corrected chi connectivity index (χ1v) is 10.8. The number of nitrogens with zero attached hydrogens (tertiary/aromatic N) is 1. The van der Waals surface area contributed by atoms with Crippen molar-refractivity contribution in [3.05, 3.63) is 98.2 Å². The Morgan fingerprint density at radius 3 is 2.34 bits per heavy atom. The highest BCUT2D eigenvalue weighted by Crippen LogP contribution is 2.29. The van der Waals surface area contributed by atoms with E-state index in [-0.39, 0.29) is 17.6 Å². The van der Waals surface area contributed by atoms with Crippen molar-refractivity contribution >= 4 is 22.2 Å². The Morgan fingerprint density at radius 1 is 0.931 bits per heavy atom. The van der Waals surface area contributed by atoms with Crippen molar-refractivity contribution in [1.82, 2.24) is 15.3 Å². The lowest BCUT2D eigenvalue weighted by atomic mass is 9.98. The Balaban J connectivity index is 1.67. The van der Waals surface area contributed by atoms with Gasteiger partial charge in [0.15, 0.2) is 0 Å². The third-order valence-electron chi connectivity index (χ3n) is 5.22. The van der Waals surface area contributed by atoms with Gasteiger partial charge in [0.1, 0.15) is 5.82 Å².